The molecule has 0 bridgehead atoms. The molecular weight excluding hydrogens is 515 g/mol. The van der Waals surface area contributed by atoms with Gasteiger partial charge in [0.1, 0.15) is 12.1 Å². The number of aryl methyl sites for hydroxylation is 1. The number of nitro groups is 1. The third kappa shape index (κ3) is 5.23. The minimum Gasteiger partial charge on any atom is -0.339 e. The summed E-state index contributed by atoms with van der Waals surface area (Å²) in [6.07, 6.45) is -1.68. The second-order valence-corrected chi connectivity index (χ2v) is 8.48. The summed E-state index contributed by atoms with van der Waals surface area (Å²) < 4.78 is 40.6. The Balaban J connectivity index is 1.40. The molecule has 13 heteroatoms. The normalized spacial score (nSPS) is 11.4. The molecule has 2 heterocycles. The minimum atomic E-state index is -4.56. The van der Waals surface area contributed by atoms with Gasteiger partial charge in [0, 0.05) is 29.1 Å². The van der Waals surface area contributed by atoms with Crippen LogP contribution in [-0.4, -0.2) is 30.6 Å². The fraction of sp³-hybridized carbons (Fsp3) is 0.0769. The molecule has 0 spiro atoms. The largest absolute Gasteiger partial charge is 0.416 e. The number of rotatable bonds is 6. The van der Waals surface area contributed by atoms with Crippen molar-refractivity contribution in [2.24, 2.45) is 0 Å². The van der Waals surface area contributed by atoms with E-state index in [0.29, 0.717) is 33.9 Å². The number of hydrogen-bond acceptors (Lipinski definition) is 7. The van der Waals surface area contributed by atoms with Crippen LogP contribution in [0.1, 0.15) is 21.5 Å². The summed E-state index contributed by atoms with van der Waals surface area (Å²) in [6, 6.07) is 15.0. The Kier molecular flexibility index (Phi) is 6.40. The van der Waals surface area contributed by atoms with Crippen LogP contribution in [0.5, 0.6) is 0 Å². The lowest BCUT2D eigenvalue weighted by Gasteiger charge is -2.13. The highest BCUT2D eigenvalue weighted by atomic mass is 19.4. The van der Waals surface area contributed by atoms with Crippen LogP contribution in [0.15, 0.2) is 79.3 Å². The van der Waals surface area contributed by atoms with Crippen molar-refractivity contribution in [3.05, 3.63) is 106 Å². The number of alkyl halides is 3. The molecule has 0 atom stereocenters. The van der Waals surface area contributed by atoms with Gasteiger partial charge in [-0.3, -0.25) is 14.9 Å². The highest BCUT2D eigenvalue weighted by molar-refractivity contribution is 6.04. The van der Waals surface area contributed by atoms with Gasteiger partial charge in [-0.25, -0.2) is 14.6 Å². The molecule has 0 aliphatic rings. The van der Waals surface area contributed by atoms with Crippen molar-refractivity contribution >= 4 is 39.8 Å². The molecule has 0 unspecified atom stereocenters. The summed E-state index contributed by atoms with van der Waals surface area (Å²) in [5, 5.41) is 21.7. The molecule has 0 fully saturated rings. The van der Waals surface area contributed by atoms with E-state index in [1.807, 2.05) is 6.92 Å². The molecule has 0 saturated heterocycles. The van der Waals surface area contributed by atoms with Crippen LogP contribution in [0.25, 0.3) is 16.7 Å². The predicted octanol–water partition coefficient (Wildman–Crippen LogP) is 6.05. The summed E-state index contributed by atoms with van der Waals surface area (Å²) >= 11 is 0. The smallest absolute Gasteiger partial charge is 0.339 e. The number of nitro benzene ring substituents is 1. The Morgan fingerprint density at radius 3 is 2.51 bits per heavy atom. The predicted molar refractivity (Wildman–Crippen MR) is 137 cm³/mol. The molecule has 0 saturated carbocycles. The standard InChI is InChI=1S/C26H18F3N7O3/c1-15-5-6-18(33-25(37)16-3-2-4-17(11-16)26(27,28)29)12-22(15)34-23-21-13-32-35(24(21)31-14-30-23)19-7-9-20(10-8-19)36(38)39/h2-14H,1H3,(H,33,37)(H,30,31,34). The molecule has 2 N–H and O–H groups in total. The molecule has 1 amide bonds. The van der Waals surface area contributed by atoms with Gasteiger partial charge in [-0.05, 0) is 55.0 Å². The van der Waals surface area contributed by atoms with Gasteiger partial charge in [0.15, 0.2) is 5.65 Å². The first kappa shape index (κ1) is 25.3. The zero-order chi connectivity index (χ0) is 27.7. The summed E-state index contributed by atoms with van der Waals surface area (Å²) in [5.41, 5.74) is 1.67. The van der Waals surface area contributed by atoms with E-state index in [-0.39, 0.29) is 11.3 Å². The monoisotopic (exact) mass is 533 g/mol. The summed E-state index contributed by atoms with van der Waals surface area (Å²) in [4.78, 5) is 31.7. The van der Waals surface area contributed by atoms with Gasteiger partial charge in [0.2, 0.25) is 0 Å². The van der Waals surface area contributed by atoms with Gasteiger partial charge < -0.3 is 10.6 Å². The number of benzene rings is 3. The number of hydrogen-bond donors (Lipinski definition) is 2. The van der Waals surface area contributed by atoms with Crippen LogP contribution in [0.2, 0.25) is 0 Å². The van der Waals surface area contributed by atoms with E-state index in [1.165, 1.54) is 35.3 Å². The topological polar surface area (TPSA) is 128 Å². The average molecular weight is 533 g/mol. The number of nitrogens with zero attached hydrogens (tertiary/aromatic N) is 5. The Hall–Kier alpha value is -5.33. The van der Waals surface area contributed by atoms with Crippen LogP contribution in [0.4, 0.5) is 36.1 Å². The fourth-order valence-electron chi connectivity index (χ4n) is 3.85. The molecular formula is C26H18F3N7O3. The average Bonchev–Trinajstić information content (AvgIpc) is 3.35. The number of halogens is 3. The molecule has 39 heavy (non-hydrogen) atoms. The van der Waals surface area contributed by atoms with Crippen LogP contribution in [-0.2, 0) is 6.18 Å². The second-order valence-electron chi connectivity index (χ2n) is 8.48. The number of aromatic nitrogens is 4. The first-order valence-electron chi connectivity index (χ1n) is 11.4. The van der Waals surface area contributed by atoms with Crippen LogP contribution in [0, 0.1) is 17.0 Å². The van der Waals surface area contributed by atoms with Gasteiger partial charge in [-0.2, -0.15) is 18.3 Å². The molecule has 0 aliphatic heterocycles. The van der Waals surface area contributed by atoms with Crippen molar-refractivity contribution in [1.82, 2.24) is 19.7 Å². The molecule has 10 nitrogen and oxygen atoms in total. The van der Waals surface area contributed by atoms with Gasteiger partial charge in [0.25, 0.3) is 11.6 Å². The summed E-state index contributed by atoms with van der Waals surface area (Å²) in [6.45, 7) is 1.83. The number of anilines is 3. The highest BCUT2D eigenvalue weighted by Gasteiger charge is 2.31. The molecule has 3 aromatic carbocycles. The maximum atomic E-state index is 13.0. The lowest BCUT2D eigenvalue weighted by molar-refractivity contribution is -0.384. The molecule has 5 rings (SSSR count). The van der Waals surface area contributed by atoms with Crippen molar-refractivity contribution in [1.29, 1.82) is 0 Å². The second kappa shape index (κ2) is 9.85. The number of amides is 1. The molecule has 5 aromatic rings. The highest BCUT2D eigenvalue weighted by Crippen LogP contribution is 2.31. The van der Waals surface area contributed by atoms with E-state index in [0.717, 1.165) is 17.7 Å². The molecule has 0 radical (unpaired) electrons. The quantitative estimate of drug-likeness (QED) is 0.201. The van der Waals surface area contributed by atoms with Crippen LogP contribution in [0.3, 0.4) is 0 Å². The third-order valence-corrected chi connectivity index (χ3v) is 5.87. The minimum absolute atomic E-state index is 0.0531. The zero-order valence-electron chi connectivity index (χ0n) is 20.1. The van der Waals surface area contributed by atoms with Gasteiger partial charge >= 0.3 is 6.18 Å². The number of carbonyl (C=O) groups excluding carboxylic acids is 1. The van der Waals surface area contributed by atoms with E-state index >= 15 is 0 Å². The third-order valence-electron chi connectivity index (χ3n) is 5.87. The van der Waals surface area contributed by atoms with E-state index in [4.69, 9.17) is 0 Å². The van der Waals surface area contributed by atoms with Gasteiger partial charge in [0.05, 0.1) is 27.8 Å². The van der Waals surface area contributed by atoms with Crippen molar-refractivity contribution in [3.63, 3.8) is 0 Å². The van der Waals surface area contributed by atoms with E-state index < -0.39 is 22.6 Å². The SMILES string of the molecule is Cc1ccc(NC(=O)c2cccc(C(F)(F)F)c2)cc1Nc1ncnc2c1cnn2-c1ccc([N+](=O)[O-])cc1. The Labute approximate surface area is 218 Å². The Bertz CT molecular complexity index is 1720. The Morgan fingerprint density at radius 2 is 1.79 bits per heavy atom. The summed E-state index contributed by atoms with van der Waals surface area (Å²) in [7, 11) is 0. The number of fused-ring (bicyclic) bond motifs is 1. The number of nitrogens with one attached hydrogen (secondary N) is 2. The molecule has 2 aromatic heterocycles. The van der Waals surface area contributed by atoms with Crippen molar-refractivity contribution in [3.8, 4) is 5.69 Å². The lowest BCUT2D eigenvalue weighted by Crippen LogP contribution is -2.14. The Morgan fingerprint density at radius 1 is 1.03 bits per heavy atom. The fourth-order valence-corrected chi connectivity index (χ4v) is 3.85. The van der Waals surface area contributed by atoms with Crippen molar-refractivity contribution in [2.45, 2.75) is 13.1 Å². The first-order chi connectivity index (χ1) is 18.6. The number of carbonyl (C=O) groups is 1. The van der Waals surface area contributed by atoms with E-state index in [1.54, 1.807) is 36.5 Å². The lowest BCUT2D eigenvalue weighted by atomic mass is 10.1. The molecule has 0 aliphatic carbocycles. The summed E-state index contributed by atoms with van der Waals surface area (Å²) in [5.74, 6) is -0.276. The van der Waals surface area contributed by atoms with Crippen molar-refractivity contribution < 1.29 is 22.9 Å². The van der Waals surface area contributed by atoms with E-state index in [2.05, 4.69) is 25.7 Å². The van der Waals surface area contributed by atoms with Crippen LogP contribution >= 0.6 is 0 Å². The maximum Gasteiger partial charge on any atom is 0.416 e. The van der Waals surface area contributed by atoms with Crippen LogP contribution < -0.4 is 10.6 Å². The zero-order valence-corrected chi connectivity index (χ0v) is 20.1. The van der Waals surface area contributed by atoms with Gasteiger partial charge in [-0.1, -0.05) is 12.1 Å². The van der Waals surface area contributed by atoms with Gasteiger partial charge in [-0.15, -0.1) is 0 Å². The first-order valence-corrected chi connectivity index (χ1v) is 11.4. The number of non-ortho nitro benzene ring substituents is 1. The molecule has 196 valence electrons. The van der Waals surface area contributed by atoms with E-state index in [9.17, 15) is 28.1 Å². The van der Waals surface area contributed by atoms with Crippen molar-refractivity contribution in [2.75, 3.05) is 10.6 Å². The maximum absolute atomic E-state index is 13.0.